The van der Waals surface area contributed by atoms with Crippen LogP contribution in [0.2, 0.25) is 5.02 Å². The van der Waals surface area contributed by atoms with Crippen LogP contribution in [0.1, 0.15) is 55.7 Å². The van der Waals surface area contributed by atoms with Gasteiger partial charge in [-0.25, -0.2) is 9.36 Å². The van der Waals surface area contributed by atoms with Crippen LogP contribution < -0.4 is 4.74 Å². The molecule has 162 valence electrons. The van der Waals surface area contributed by atoms with E-state index in [1.165, 1.54) is 4.57 Å². The minimum Gasteiger partial charge on any atom is -0.443 e. The number of nitrogens with zero attached hydrogens (tertiary/aromatic N) is 1. The number of hydrogen-bond donors (Lipinski definition) is 0. The topological polar surface area (TPSA) is 74.6 Å². The highest BCUT2D eigenvalue weighted by Gasteiger charge is 2.32. The fourth-order valence-corrected chi connectivity index (χ4v) is 3.22. The van der Waals surface area contributed by atoms with Crippen molar-refractivity contribution in [3.63, 3.8) is 0 Å². The third-order valence-electron chi connectivity index (χ3n) is 4.48. The van der Waals surface area contributed by atoms with E-state index in [9.17, 15) is 14.4 Å². The minimum absolute atomic E-state index is 0.0349. The van der Waals surface area contributed by atoms with Gasteiger partial charge in [0.25, 0.3) is 0 Å². The van der Waals surface area contributed by atoms with Crippen molar-refractivity contribution in [2.45, 2.75) is 46.6 Å². The standard InChI is InChI=1S/C24H24ClNO5/c1-6-19(27)30-22-17-12-7-14(2)13-18(17)26(23(29)31-24(3,4)5)20(22)21(28)15-8-10-16(25)11-9-15/h7-13H,6H2,1-5H3. The Labute approximate surface area is 185 Å². The van der Waals surface area contributed by atoms with Crippen molar-refractivity contribution in [3.8, 4) is 5.75 Å². The fourth-order valence-electron chi connectivity index (χ4n) is 3.10. The molecular formula is C24H24ClNO5. The van der Waals surface area contributed by atoms with Crippen LogP contribution in [0, 0.1) is 6.92 Å². The lowest BCUT2D eigenvalue weighted by atomic mass is 10.1. The van der Waals surface area contributed by atoms with E-state index < -0.39 is 23.4 Å². The lowest BCUT2D eigenvalue weighted by Gasteiger charge is -2.21. The van der Waals surface area contributed by atoms with Gasteiger partial charge in [-0.1, -0.05) is 24.6 Å². The molecule has 0 radical (unpaired) electrons. The molecule has 3 rings (SSSR count). The normalized spacial score (nSPS) is 11.4. The molecule has 0 bridgehead atoms. The largest absolute Gasteiger partial charge is 0.443 e. The van der Waals surface area contributed by atoms with Gasteiger partial charge in [0.1, 0.15) is 11.3 Å². The molecule has 0 saturated carbocycles. The molecule has 0 aliphatic rings. The molecule has 6 nitrogen and oxygen atoms in total. The van der Waals surface area contributed by atoms with Gasteiger partial charge in [0.15, 0.2) is 5.75 Å². The Balaban J connectivity index is 2.34. The second-order valence-corrected chi connectivity index (χ2v) is 8.61. The summed E-state index contributed by atoms with van der Waals surface area (Å²) in [6.07, 6.45) is -0.626. The predicted molar refractivity (Wildman–Crippen MR) is 119 cm³/mol. The van der Waals surface area contributed by atoms with Gasteiger partial charge in [-0.15, -0.1) is 0 Å². The molecule has 31 heavy (non-hydrogen) atoms. The summed E-state index contributed by atoms with van der Waals surface area (Å²) in [6, 6.07) is 11.6. The number of benzene rings is 2. The number of hydrogen-bond acceptors (Lipinski definition) is 5. The molecule has 1 aromatic heterocycles. The van der Waals surface area contributed by atoms with Crippen molar-refractivity contribution in [1.82, 2.24) is 4.57 Å². The zero-order chi connectivity index (χ0) is 22.9. The average molecular weight is 442 g/mol. The third-order valence-corrected chi connectivity index (χ3v) is 4.73. The molecule has 2 aromatic carbocycles. The lowest BCUT2D eigenvalue weighted by Crippen LogP contribution is -2.29. The van der Waals surface area contributed by atoms with Crippen molar-refractivity contribution < 1.29 is 23.9 Å². The highest BCUT2D eigenvalue weighted by molar-refractivity contribution is 6.30. The maximum absolute atomic E-state index is 13.5. The molecule has 0 spiro atoms. The van der Waals surface area contributed by atoms with Gasteiger partial charge in [0, 0.05) is 22.4 Å². The van der Waals surface area contributed by atoms with Gasteiger partial charge >= 0.3 is 12.1 Å². The molecule has 7 heteroatoms. The Morgan fingerprint density at radius 3 is 2.26 bits per heavy atom. The lowest BCUT2D eigenvalue weighted by molar-refractivity contribution is -0.133. The molecule has 1 heterocycles. The Kier molecular flexibility index (Phi) is 6.23. The predicted octanol–water partition coefficient (Wildman–Crippen LogP) is 5.93. The maximum atomic E-state index is 13.5. The SMILES string of the molecule is CCC(=O)Oc1c(C(=O)c2ccc(Cl)cc2)n(C(=O)OC(C)(C)C)c2cc(C)ccc12. The molecule has 0 N–H and O–H groups in total. The van der Waals surface area contributed by atoms with Crippen molar-refractivity contribution in [2.75, 3.05) is 0 Å². The molecule has 0 saturated heterocycles. The number of ketones is 1. The first-order valence-corrected chi connectivity index (χ1v) is 10.3. The first-order valence-electron chi connectivity index (χ1n) is 9.91. The Morgan fingerprint density at radius 2 is 1.68 bits per heavy atom. The van der Waals surface area contributed by atoms with Crippen LogP contribution in [0.5, 0.6) is 5.75 Å². The first-order chi connectivity index (χ1) is 14.5. The van der Waals surface area contributed by atoms with Crippen molar-refractivity contribution in [1.29, 1.82) is 0 Å². The van der Waals surface area contributed by atoms with Gasteiger partial charge in [0.2, 0.25) is 5.78 Å². The van der Waals surface area contributed by atoms with Crippen LogP contribution >= 0.6 is 11.6 Å². The molecule has 0 unspecified atom stereocenters. The summed E-state index contributed by atoms with van der Waals surface area (Å²) in [5.41, 5.74) is 0.721. The van der Waals surface area contributed by atoms with Crippen LogP contribution in [-0.4, -0.2) is 28.0 Å². The van der Waals surface area contributed by atoms with Crippen LogP contribution in [0.25, 0.3) is 10.9 Å². The second kappa shape index (κ2) is 8.55. The van der Waals surface area contributed by atoms with Crippen LogP contribution in [0.3, 0.4) is 0 Å². The number of esters is 1. The summed E-state index contributed by atoms with van der Waals surface area (Å²) in [5, 5.41) is 0.938. The summed E-state index contributed by atoms with van der Waals surface area (Å²) in [7, 11) is 0. The Morgan fingerprint density at radius 1 is 1.03 bits per heavy atom. The molecular weight excluding hydrogens is 418 g/mol. The number of aryl methyl sites for hydroxylation is 1. The summed E-state index contributed by atoms with van der Waals surface area (Å²) in [6.45, 7) is 8.73. The van der Waals surface area contributed by atoms with Gasteiger partial charge in [-0.05, 0) is 69.7 Å². The quantitative estimate of drug-likeness (QED) is 0.370. The van der Waals surface area contributed by atoms with Gasteiger partial charge in [-0.2, -0.15) is 0 Å². The summed E-state index contributed by atoms with van der Waals surface area (Å²) < 4.78 is 12.3. The number of fused-ring (bicyclic) bond motifs is 1. The van der Waals surface area contributed by atoms with Gasteiger partial charge in [0.05, 0.1) is 5.52 Å². The van der Waals surface area contributed by atoms with Crippen molar-refractivity contribution >= 4 is 40.3 Å². The summed E-state index contributed by atoms with van der Waals surface area (Å²) in [5.74, 6) is -0.975. The zero-order valence-electron chi connectivity index (χ0n) is 18.1. The number of carbonyl (C=O) groups excluding carboxylic acids is 3. The summed E-state index contributed by atoms with van der Waals surface area (Å²) >= 11 is 5.96. The molecule has 0 aliphatic heterocycles. The highest BCUT2D eigenvalue weighted by Crippen LogP contribution is 2.36. The number of halogens is 1. The van der Waals surface area contributed by atoms with E-state index in [1.807, 2.05) is 13.0 Å². The molecule has 0 atom stereocenters. The van der Waals surface area contributed by atoms with E-state index in [2.05, 4.69) is 0 Å². The van der Waals surface area contributed by atoms with Gasteiger partial charge < -0.3 is 9.47 Å². The number of ether oxygens (including phenoxy) is 2. The molecule has 3 aromatic rings. The van der Waals surface area contributed by atoms with E-state index in [4.69, 9.17) is 21.1 Å². The van der Waals surface area contributed by atoms with Crippen LogP contribution in [0.4, 0.5) is 4.79 Å². The van der Waals surface area contributed by atoms with E-state index in [0.717, 1.165) is 5.56 Å². The third kappa shape index (κ3) is 4.80. The molecule has 0 aliphatic carbocycles. The van der Waals surface area contributed by atoms with Gasteiger partial charge in [-0.3, -0.25) is 9.59 Å². The van der Waals surface area contributed by atoms with Crippen LogP contribution in [0.15, 0.2) is 42.5 Å². The van der Waals surface area contributed by atoms with E-state index in [0.29, 0.717) is 21.5 Å². The highest BCUT2D eigenvalue weighted by atomic mass is 35.5. The van der Waals surface area contributed by atoms with E-state index in [-0.39, 0.29) is 17.9 Å². The molecule has 0 amide bonds. The number of carbonyl (C=O) groups is 3. The minimum atomic E-state index is -0.793. The number of aromatic nitrogens is 1. The Bertz CT molecular complexity index is 1170. The summed E-state index contributed by atoms with van der Waals surface area (Å²) in [4.78, 5) is 38.9. The molecule has 0 fully saturated rings. The van der Waals surface area contributed by atoms with E-state index in [1.54, 1.807) is 64.1 Å². The second-order valence-electron chi connectivity index (χ2n) is 8.18. The average Bonchev–Trinajstić information content (AvgIpc) is 2.99. The van der Waals surface area contributed by atoms with Crippen molar-refractivity contribution in [2.24, 2.45) is 0 Å². The first kappa shape index (κ1) is 22.6. The fraction of sp³-hybridized carbons (Fsp3) is 0.292. The Hall–Kier alpha value is -3.12. The zero-order valence-corrected chi connectivity index (χ0v) is 18.9. The monoisotopic (exact) mass is 441 g/mol. The maximum Gasteiger partial charge on any atom is 0.419 e. The number of rotatable bonds is 4. The van der Waals surface area contributed by atoms with Crippen molar-refractivity contribution in [3.05, 3.63) is 64.3 Å². The van der Waals surface area contributed by atoms with Crippen LogP contribution in [-0.2, 0) is 9.53 Å². The smallest absolute Gasteiger partial charge is 0.419 e. The van der Waals surface area contributed by atoms with E-state index >= 15 is 0 Å².